The molecule has 2 heterocycles. The summed E-state index contributed by atoms with van der Waals surface area (Å²) in [5.41, 5.74) is 8.64. The summed E-state index contributed by atoms with van der Waals surface area (Å²) in [4.78, 5) is 27.8. The summed E-state index contributed by atoms with van der Waals surface area (Å²) in [6.45, 7) is 1.34. The van der Waals surface area contributed by atoms with Crippen LogP contribution in [-0.4, -0.2) is 37.2 Å². The number of hydrogen-bond donors (Lipinski definition) is 3. The lowest BCUT2D eigenvalue weighted by Crippen LogP contribution is -2.17. The fraction of sp³-hybridized carbons (Fsp3) is 0.222. The van der Waals surface area contributed by atoms with Crippen LogP contribution in [0.25, 0.3) is 22.8 Å². The van der Waals surface area contributed by atoms with Gasteiger partial charge in [0.2, 0.25) is 0 Å². The minimum atomic E-state index is -0.295. The SMILES string of the molecule is CN=O.CNCCOc1cccc(/C=C(\N)c2nc3cscc3[nH]c2=O)c1. The number of nitrogens with two attached hydrogens (primary N) is 1. The molecule has 0 radical (unpaired) electrons. The molecule has 8 nitrogen and oxygen atoms in total. The van der Waals surface area contributed by atoms with E-state index in [0.29, 0.717) is 12.3 Å². The highest BCUT2D eigenvalue weighted by molar-refractivity contribution is 7.09. The number of aromatic amines is 1. The number of nitroso groups, excluding NO2 is 1. The number of nitrogens with zero attached hydrogens (tertiary/aromatic N) is 2. The summed E-state index contributed by atoms with van der Waals surface area (Å²) in [5, 5.41) is 8.99. The molecule has 0 aliphatic carbocycles. The Morgan fingerprint density at radius 2 is 2.22 bits per heavy atom. The Morgan fingerprint density at radius 1 is 1.44 bits per heavy atom. The van der Waals surface area contributed by atoms with Gasteiger partial charge >= 0.3 is 0 Å². The number of fused-ring (bicyclic) bond motifs is 1. The molecule has 27 heavy (non-hydrogen) atoms. The van der Waals surface area contributed by atoms with E-state index >= 15 is 0 Å². The molecule has 0 aliphatic rings. The Hall–Kier alpha value is -3.04. The fourth-order valence-electron chi connectivity index (χ4n) is 2.23. The predicted molar refractivity (Wildman–Crippen MR) is 110 cm³/mol. The highest BCUT2D eigenvalue weighted by atomic mass is 32.1. The van der Waals surface area contributed by atoms with Crippen LogP contribution < -0.4 is 21.3 Å². The summed E-state index contributed by atoms with van der Waals surface area (Å²) in [5.74, 6) is 0.752. The number of hydrogen-bond acceptors (Lipinski definition) is 8. The van der Waals surface area contributed by atoms with Gasteiger partial charge in [-0.1, -0.05) is 17.3 Å². The molecular weight excluding hydrogens is 366 g/mol. The Labute approximate surface area is 160 Å². The molecule has 0 bridgehead atoms. The van der Waals surface area contributed by atoms with Gasteiger partial charge in [-0.2, -0.15) is 4.91 Å². The molecule has 1 aromatic carbocycles. The molecule has 0 amide bonds. The molecule has 9 heteroatoms. The average molecular weight is 387 g/mol. The third kappa shape index (κ3) is 5.73. The van der Waals surface area contributed by atoms with Gasteiger partial charge in [0, 0.05) is 17.3 Å². The number of nitrogens with one attached hydrogen (secondary N) is 2. The van der Waals surface area contributed by atoms with Crippen LogP contribution in [0.2, 0.25) is 0 Å². The van der Waals surface area contributed by atoms with Crippen LogP contribution in [0.5, 0.6) is 5.75 Å². The highest BCUT2D eigenvalue weighted by Gasteiger charge is 2.08. The Balaban J connectivity index is 0.000000817. The molecule has 0 fully saturated rings. The lowest BCUT2D eigenvalue weighted by molar-refractivity contribution is 0.318. The van der Waals surface area contributed by atoms with Crippen LogP contribution in [0, 0.1) is 4.91 Å². The third-order valence-electron chi connectivity index (χ3n) is 3.41. The van der Waals surface area contributed by atoms with Crippen LogP contribution >= 0.6 is 11.3 Å². The standard InChI is InChI=1S/C17H18N4O2S.CH3NO/c1-19-5-6-23-12-4-2-3-11(7-12)8-13(18)16-17(22)21-15-10-24-9-14(15)20-16;1-2-3/h2-4,7-10,19H,5-6,18H2,1H3,(H,21,22);1H3/b13-8-;. The number of rotatable bonds is 6. The molecule has 0 unspecified atom stereocenters. The van der Waals surface area contributed by atoms with Crippen molar-refractivity contribution in [1.82, 2.24) is 15.3 Å². The van der Waals surface area contributed by atoms with Crippen molar-refractivity contribution in [3.8, 4) is 5.75 Å². The normalized spacial score (nSPS) is 11.0. The molecule has 3 aromatic rings. The first-order chi connectivity index (χ1) is 13.1. The fourth-order valence-corrected chi connectivity index (χ4v) is 2.92. The second-order valence-corrected chi connectivity index (χ2v) is 6.14. The lowest BCUT2D eigenvalue weighted by Gasteiger charge is -2.07. The van der Waals surface area contributed by atoms with Crippen molar-refractivity contribution in [2.75, 3.05) is 27.2 Å². The number of thiophene rings is 1. The van der Waals surface area contributed by atoms with Crippen molar-refractivity contribution >= 4 is 34.1 Å². The third-order valence-corrected chi connectivity index (χ3v) is 4.14. The predicted octanol–water partition coefficient (Wildman–Crippen LogP) is 2.42. The first-order valence-corrected chi connectivity index (χ1v) is 9.06. The van der Waals surface area contributed by atoms with Gasteiger partial charge < -0.3 is 20.8 Å². The summed E-state index contributed by atoms with van der Waals surface area (Å²) >= 11 is 1.48. The molecule has 142 valence electrons. The second kappa shape index (κ2) is 10.2. The minimum absolute atomic E-state index is 0.224. The van der Waals surface area contributed by atoms with Gasteiger partial charge in [0.1, 0.15) is 12.4 Å². The van der Waals surface area contributed by atoms with Gasteiger partial charge in [0.05, 0.1) is 23.8 Å². The van der Waals surface area contributed by atoms with Crippen LogP contribution in [-0.2, 0) is 0 Å². The summed E-state index contributed by atoms with van der Waals surface area (Å²) in [7, 11) is 3.07. The first kappa shape index (κ1) is 20.3. The van der Waals surface area contributed by atoms with E-state index in [-0.39, 0.29) is 11.3 Å². The highest BCUT2D eigenvalue weighted by Crippen LogP contribution is 2.18. The van der Waals surface area contributed by atoms with Crippen molar-refractivity contribution in [3.63, 3.8) is 0 Å². The maximum atomic E-state index is 12.1. The zero-order valence-electron chi connectivity index (χ0n) is 15.1. The first-order valence-electron chi connectivity index (χ1n) is 8.11. The van der Waals surface area contributed by atoms with Crippen molar-refractivity contribution in [1.29, 1.82) is 0 Å². The Bertz CT molecular complexity index is 980. The van der Waals surface area contributed by atoms with E-state index < -0.39 is 0 Å². The van der Waals surface area contributed by atoms with Crippen molar-refractivity contribution in [2.45, 2.75) is 0 Å². The van der Waals surface area contributed by atoms with Gasteiger partial charge in [-0.15, -0.1) is 11.3 Å². The quantitative estimate of drug-likeness (QED) is 0.441. The second-order valence-electron chi connectivity index (χ2n) is 5.39. The van der Waals surface area contributed by atoms with E-state index in [2.05, 4.69) is 20.5 Å². The van der Waals surface area contributed by atoms with Gasteiger partial charge in [-0.3, -0.25) is 4.79 Å². The summed E-state index contributed by atoms with van der Waals surface area (Å²) < 4.78 is 5.63. The zero-order valence-corrected chi connectivity index (χ0v) is 15.9. The van der Waals surface area contributed by atoms with Crippen LogP contribution in [0.1, 0.15) is 11.3 Å². The van der Waals surface area contributed by atoms with Crippen LogP contribution in [0.4, 0.5) is 0 Å². The van der Waals surface area contributed by atoms with Gasteiger partial charge in [-0.25, -0.2) is 4.98 Å². The van der Waals surface area contributed by atoms with E-state index in [1.54, 1.807) is 6.08 Å². The van der Waals surface area contributed by atoms with Gasteiger partial charge in [-0.05, 0) is 30.8 Å². The molecule has 0 spiro atoms. The van der Waals surface area contributed by atoms with E-state index in [4.69, 9.17) is 15.4 Å². The Morgan fingerprint density at radius 3 is 2.96 bits per heavy atom. The summed E-state index contributed by atoms with van der Waals surface area (Å²) in [6, 6.07) is 7.54. The number of H-pyrrole nitrogens is 1. The molecule has 0 atom stereocenters. The van der Waals surface area contributed by atoms with Crippen molar-refractivity contribution in [2.24, 2.45) is 10.9 Å². The molecule has 4 N–H and O–H groups in total. The van der Waals surface area contributed by atoms with Gasteiger partial charge in [0.25, 0.3) is 5.56 Å². The van der Waals surface area contributed by atoms with Gasteiger partial charge in [0.15, 0.2) is 5.69 Å². The molecule has 3 rings (SSSR count). The number of likely N-dealkylation sites (N-methyl/N-ethyl adjacent to an activating group) is 1. The number of ether oxygens (including phenoxy) is 1. The average Bonchev–Trinajstić information content (AvgIpc) is 3.09. The molecule has 0 aliphatic heterocycles. The van der Waals surface area contributed by atoms with Crippen molar-refractivity contribution < 1.29 is 4.74 Å². The maximum Gasteiger partial charge on any atom is 0.276 e. The molecule has 0 saturated heterocycles. The van der Waals surface area contributed by atoms with E-state index in [1.807, 2.05) is 42.1 Å². The minimum Gasteiger partial charge on any atom is -0.492 e. The lowest BCUT2D eigenvalue weighted by atomic mass is 10.1. The van der Waals surface area contributed by atoms with Crippen LogP contribution in [0.15, 0.2) is 45.0 Å². The zero-order chi connectivity index (χ0) is 19.6. The van der Waals surface area contributed by atoms with E-state index in [1.165, 1.54) is 18.4 Å². The maximum absolute atomic E-state index is 12.1. The largest absolute Gasteiger partial charge is 0.492 e. The van der Waals surface area contributed by atoms with E-state index in [0.717, 1.165) is 28.9 Å². The Kier molecular flexibility index (Phi) is 7.65. The summed E-state index contributed by atoms with van der Waals surface area (Å²) in [6.07, 6.45) is 1.72. The number of aromatic nitrogens is 2. The van der Waals surface area contributed by atoms with Crippen LogP contribution in [0.3, 0.4) is 0 Å². The smallest absolute Gasteiger partial charge is 0.276 e. The van der Waals surface area contributed by atoms with Crippen molar-refractivity contribution in [3.05, 3.63) is 61.5 Å². The van der Waals surface area contributed by atoms with E-state index in [9.17, 15) is 4.79 Å². The monoisotopic (exact) mass is 387 g/mol. The molecular formula is C18H21N5O3S. The molecule has 0 saturated carbocycles. The molecule has 2 aromatic heterocycles. The number of benzene rings is 1. The topological polar surface area (TPSA) is 122 Å².